The van der Waals surface area contributed by atoms with Crippen molar-refractivity contribution < 1.29 is 17.9 Å². The van der Waals surface area contributed by atoms with E-state index in [1.807, 2.05) is 37.2 Å². The molecule has 0 aliphatic rings. The first kappa shape index (κ1) is 25.1. The number of nitrogens with one attached hydrogen (secondary N) is 1. The fourth-order valence-corrected chi connectivity index (χ4v) is 5.08. The fourth-order valence-electron chi connectivity index (χ4n) is 3.34. The quantitative estimate of drug-likeness (QED) is 0.579. The maximum absolute atomic E-state index is 13.0. The number of hydrogen-bond acceptors (Lipinski definition) is 5. The average Bonchev–Trinajstić information content (AvgIpc) is 2.74. The molecule has 0 aliphatic carbocycles. The van der Waals surface area contributed by atoms with Gasteiger partial charge in [-0.2, -0.15) is 4.31 Å². The van der Waals surface area contributed by atoms with Crippen molar-refractivity contribution >= 4 is 27.5 Å². The zero-order valence-electron chi connectivity index (χ0n) is 18.6. The molecule has 1 unspecified atom stereocenters. The minimum Gasteiger partial charge on any atom is -0.496 e. The molecule has 0 radical (unpaired) electrons. The van der Waals surface area contributed by atoms with Gasteiger partial charge in [-0.05, 0) is 43.9 Å². The van der Waals surface area contributed by atoms with Crippen molar-refractivity contribution in [3.05, 3.63) is 58.6 Å². The van der Waals surface area contributed by atoms with E-state index in [1.54, 1.807) is 19.9 Å². The Morgan fingerprint density at radius 3 is 2.32 bits per heavy atom. The number of methoxy groups -OCH3 is 1. The number of ether oxygens (including phenoxy) is 1. The van der Waals surface area contributed by atoms with Crippen LogP contribution in [-0.4, -0.2) is 64.4 Å². The number of halogens is 1. The molecule has 0 aliphatic heterocycles. The molecule has 0 fully saturated rings. The summed E-state index contributed by atoms with van der Waals surface area (Å²) in [6.07, 6.45) is 0. The lowest BCUT2D eigenvalue weighted by Gasteiger charge is -2.26. The number of nitrogens with zero attached hydrogens (tertiary/aromatic N) is 2. The predicted octanol–water partition coefficient (Wildman–Crippen LogP) is 3.41. The molecular weight excluding hydrogens is 438 g/mol. The first-order valence-electron chi connectivity index (χ1n) is 10.0. The summed E-state index contributed by atoms with van der Waals surface area (Å²) >= 11 is 6.34. The third-order valence-electron chi connectivity index (χ3n) is 5.10. The third-order valence-corrected chi connectivity index (χ3v) is 7.49. The Labute approximate surface area is 190 Å². The van der Waals surface area contributed by atoms with Gasteiger partial charge in [0.15, 0.2) is 0 Å². The van der Waals surface area contributed by atoms with Gasteiger partial charge < -0.3 is 15.0 Å². The van der Waals surface area contributed by atoms with Crippen molar-refractivity contribution in [1.29, 1.82) is 0 Å². The molecule has 1 atom stereocenters. The molecule has 1 amide bonds. The number of sulfonamides is 1. The van der Waals surface area contributed by atoms with Crippen LogP contribution >= 0.6 is 11.6 Å². The molecule has 2 aromatic carbocycles. The molecule has 170 valence electrons. The van der Waals surface area contributed by atoms with Crippen LogP contribution in [0.5, 0.6) is 5.75 Å². The average molecular weight is 468 g/mol. The smallest absolute Gasteiger partial charge is 0.255 e. The van der Waals surface area contributed by atoms with Crippen molar-refractivity contribution in [3.63, 3.8) is 0 Å². The van der Waals surface area contributed by atoms with Gasteiger partial charge in [-0.25, -0.2) is 8.42 Å². The van der Waals surface area contributed by atoms with Gasteiger partial charge in [-0.1, -0.05) is 43.6 Å². The molecular formula is C22H30ClN3O4S. The predicted molar refractivity (Wildman–Crippen MR) is 123 cm³/mol. The standard InChI is InChI=1S/C22H30ClN3O4S/c1-6-26(7-2)31(28,29)16-12-13-21(30-5)18(14-16)22(27)24-15-20(25(3)4)17-10-8-9-11-19(17)23/h8-14,20H,6-7,15H2,1-5H3,(H,24,27). The van der Waals surface area contributed by atoms with Crippen LogP contribution in [0.2, 0.25) is 5.02 Å². The largest absolute Gasteiger partial charge is 0.496 e. The second kappa shape index (κ2) is 10.9. The molecule has 7 nitrogen and oxygen atoms in total. The van der Waals surface area contributed by atoms with Gasteiger partial charge in [0.05, 0.1) is 23.6 Å². The first-order chi connectivity index (χ1) is 14.7. The van der Waals surface area contributed by atoms with Gasteiger partial charge in [0, 0.05) is 24.7 Å². The number of rotatable bonds is 10. The first-order valence-corrected chi connectivity index (χ1v) is 11.9. The summed E-state index contributed by atoms with van der Waals surface area (Å²) < 4.78 is 32.4. The van der Waals surface area contributed by atoms with Crippen LogP contribution in [0.15, 0.2) is 47.4 Å². The topological polar surface area (TPSA) is 78.9 Å². The Balaban J connectivity index is 2.32. The maximum Gasteiger partial charge on any atom is 0.255 e. The lowest BCUT2D eigenvalue weighted by molar-refractivity contribution is 0.0938. The highest BCUT2D eigenvalue weighted by Gasteiger charge is 2.25. The van der Waals surface area contributed by atoms with Crippen LogP contribution in [-0.2, 0) is 10.0 Å². The SMILES string of the molecule is CCN(CC)S(=O)(=O)c1ccc(OC)c(C(=O)NCC(c2ccccc2Cl)N(C)C)c1. The number of benzene rings is 2. The molecule has 0 bridgehead atoms. The van der Waals surface area contributed by atoms with Crippen molar-refractivity contribution in [2.45, 2.75) is 24.8 Å². The molecule has 0 saturated carbocycles. The number of amides is 1. The van der Waals surface area contributed by atoms with E-state index in [1.165, 1.54) is 29.6 Å². The summed E-state index contributed by atoms with van der Waals surface area (Å²) in [5.74, 6) is -0.123. The van der Waals surface area contributed by atoms with Crippen molar-refractivity contribution in [1.82, 2.24) is 14.5 Å². The fraction of sp³-hybridized carbons (Fsp3) is 0.409. The van der Waals surface area contributed by atoms with E-state index in [0.717, 1.165) is 5.56 Å². The monoisotopic (exact) mass is 467 g/mol. The Morgan fingerprint density at radius 2 is 1.77 bits per heavy atom. The van der Waals surface area contributed by atoms with Gasteiger partial charge in [-0.15, -0.1) is 0 Å². The Hall–Kier alpha value is -2.13. The number of hydrogen-bond donors (Lipinski definition) is 1. The Kier molecular flexibility index (Phi) is 8.88. The number of carbonyl (C=O) groups is 1. The lowest BCUT2D eigenvalue weighted by atomic mass is 10.1. The highest BCUT2D eigenvalue weighted by atomic mass is 35.5. The highest BCUT2D eigenvalue weighted by Crippen LogP contribution is 2.27. The Bertz CT molecular complexity index is 1010. The lowest BCUT2D eigenvalue weighted by Crippen LogP contribution is -2.35. The van der Waals surface area contributed by atoms with E-state index in [4.69, 9.17) is 16.3 Å². The van der Waals surface area contributed by atoms with Gasteiger partial charge in [-0.3, -0.25) is 4.79 Å². The second-order valence-electron chi connectivity index (χ2n) is 7.16. The number of likely N-dealkylation sites (N-methyl/N-ethyl adjacent to an activating group) is 1. The maximum atomic E-state index is 13.0. The van der Waals surface area contributed by atoms with Crippen LogP contribution in [0.4, 0.5) is 0 Å². The third kappa shape index (κ3) is 5.77. The highest BCUT2D eigenvalue weighted by molar-refractivity contribution is 7.89. The van der Waals surface area contributed by atoms with E-state index in [9.17, 15) is 13.2 Å². The second-order valence-corrected chi connectivity index (χ2v) is 9.51. The Morgan fingerprint density at radius 1 is 1.13 bits per heavy atom. The van der Waals surface area contributed by atoms with Gasteiger partial charge >= 0.3 is 0 Å². The van der Waals surface area contributed by atoms with Crippen molar-refractivity contribution in [2.24, 2.45) is 0 Å². The van der Waals surface area contributed by atoms with Gasteiger partial charge in [0.1, 0.15) is 5.75 Å². The van der Waals surface area contributed by atoms with E-state index in [-0.39, 0.29) is 23.0 Å². The molecule has 9 heteroatoms. The minimum atomic E-state index is -3.70. The van der Waals surface area contributed by atoms with E-state index in [0.29, 0.717) is 23.9 Å². The molecule has 1 N–H and O–H groups in total. The van der Waals surface area contributed by atoms with Crippen LogP contribution in [0, 0.1) is 0 Å². The summed E-state index contributed by atoms with van der Waals surface area (Å²) in [4.78, 5) is 15.0. The van der Waals surface area contributed by atoms with E-state index >= 15 is 0 Å². The van der Waals surface area contributed by atoms with Crippen LogP contribution in [0.3, 0.4) is 0 Å². The molecule has 31 heavy (non-hydrogen) atoms. The summed E-state index contributed by atoms with van der Waals surface area (Å²) in [7, 11) is 1.54. The molecule has 0 heterocycles. The summed E-state index contributed by atoms with van der Waals surface area (Å²) in [6, 6.07) is 11.6. The zero-order valence-corrected chi connectivity index (χ0v) is 20.1. The normalized spacial score (nSPS) is 12.8. The van der Waals surface area contributed by atoms with Gasteiger partial charge in [0.2, 0.25) is 10.0 Å². The van der Waals surface area contributed by atoms with E-state index in [2.05, 4.69) is 5.32 Å². The molecule has 0 aromatic heterocycles. The van der Waals surface area contributed by atoms with Gasteiger partial charge in [0.25, 0.3) is 5.91 Å². The van der Waals surface area contributed by atoms with Crippen LogP contribution in [0.25, 0.3) is 0 Å². The number of carbonyl (C=O) groups excluding carboxylic acids is 1. The van der Waals surface area contributed by atoms with Crippen LogP contribution in [0.1, 0.15) is 35.8 Å². The minimum absolute atomic E-state index is 0.0532. The summed E-state index contributed by atoms with van der Waals surface area (Å²) in [6.45, 7) is 4.51. The molecule has 0 spiro atoms. The van der Waals surface area contributed by atoms with Crippen LogP contribution < -0.4 is 10.1 Å². The molecule has 0 saturated heterocycles. The zero-order chi connectivity index (χ0) is 23.2. The molecule has 2 aromatic rings. The van der Waals surface area contributed by atoms with E-state index < -0.39 is 15.9 Å². The molecule has 2 rings (SSSR count). The summed E-state index contributed by atoms with van der Waals surface area (Å²) in [5, 5.41) is 3.50. The van der Waals surface area contributed by atoms with Crippen molar-refractivity contribution in [3.8, 4) is 5.75 Å². The van der Waals surface area contributed by atoms with Crippen molar-refractivity contribution in [2.75, 3.05) is 40.8 Å². The summed E-state index contributed by atoms with van der Waals surface area (Å²) in [5.41, 5.74) is 1.05.